The van der Waals surface area contributed by atoms with Crippen LogP contribution in [0.2, 0.25) is 0 Å². The molecule has 1 heteroatoms. The molecule has 0 saturated carbocycles. The maximum absolute atomic E-state index is 2.44. The second-order valence-electron chi connectivity index (χ2n) is 16.0. The SMILES string of the molecule is CC1(C)c2ccc(N(c3ccccc3)c3ccccc3-c3ccc(C4(c5ccccc5)c5ccccc5-c5ccccc54)cc3)cc2-c2c1ccc1ccccc21. The number of benzene rings is 9. The zero-order chi connectivity index (χ0) is 38.1. The number of rotatable bonds is 6. The minimum atomic E-state index is -0.429. The summed E-state index contributed by atoms with van der Waals surface area (Å²) in [6, 6.07) is 78.6. The third-order valence-electron chi connectivity index (χ3n) is 12.8. The Morgan fingerprint density at radius 1 is 0.368 bits per heavy atom. The fraction of sp³-hybridized carbons (Fsp3) is 0.0714. The van der Waals surface area contributed by atoms with Crippen LogP contribution < -0.4 is 4.90 Å². The van der Waals surface area contributed by atoms with E-state index in [0.29, 0.717) is 0 Å². The van der Waals surface area contributed by atoms with E-state index in [1.165, 1.54) is 77.5 Å². The quantitative estimate of drug-likeness (QED) is 0.165. The molecule has 0 spiro atoms. The van der Waals surface area contributed by atoms with Crippen LogP contribution in [0.25, 0.3) is 44.2 Å². The summed E-state index contributed by atoms with van der Waals surface area (Å²) in [5.74, 6) is 0. The molecule has 2 aliphatic rings. The molecule has 0 N–H and O–H groups in total. The van der Waals surface area contributed by atoms with Crippen LogP contribution in [0.4, 0.5) is 17.1 Å². The van der Waals surface area contributed by atoms with Crippen molar-refractivity contribution in [3.8, 4) is 33.4 Å². The Bertz CT molecular complexity index is 2930. The largest absolute Gasteiger partial charge is 0.310 e. The average molecular weight is 728 g/mol. The van der Waals surface area contributed by atoms with Gasteiger partial charge in [0.05, 0.1) is 11.1 Å². The van der Waals surface area contributed by atoms with Gasteiger partial charge in [-0.1, -0.05) is 196 Å². The summed E-state index contributed by atoms with van der Waals surface area (Å²) in [6.45, 7) is 4.73. The molecule has 270 valence electrons. The van der Waals surface area contributed by atoms with Gasteiger partial charge in [-0.25, -0.2) is 0 Å². The van der Waals surface area contributed by atoms with Gasteiger partial charge in [-0.2, -0.15) is 0 Å². The predicted octanol–water partition coefficient (Wildman–Crippen LogP) is 14.6. The van der Waals surface area contributed by atoms with Gasteiger partial charge in [-0.15, -0.1) is 0 Å². The Hall–Kier alpha value is -6.96. The van der Waals surface area contributed by atoms with E-state index in [1.807, 2.05) is 0 Å². The Kier molecular flexibility index (Phi) is 7.50. The summed E-state index contributed by atoms with van der Waals surface area (Å²) < 4.78 is 0. The molecule has 0 atom stereocenters. The first-order valence-corrected chi connectivity index (χ1v) is 20.0. The molecule has 11 rings (SSSR count). The summed E-state index contributed by atoms with van der Waals surface area (Å²) in [5, 5.41) is 2.59. The summed E-state index contributed by atoms with van der Waals surface area (Å²) >= 11 is 0. The first-order chi connectivity index (χ1) is 28.0. The molecule has 0 fully saturated rings. The van der Waals surface area contributed by atoms with E-state index in [1.54, 1.807) is 0 Å². The maximum atomic E-state index is 2.44. The fourth-order valence-corrected chi connectivity index (χ4v) is 10.2. The zero-order valence-electron chi connectivity index (χ0n) is 32.2. The normalized spacial score (nSPS) is 14.1. The van der Waals surface area contributed by atoms with Gasteiger partial charge in [0.25, 0.3) is 0 Å². The molecule has 57 heavy (non-hydrogen) atoms. The molecular formula is C56H41N. The molecule has 0 saturated heterocycles. The second-order valence-corrected chi connectivity index (χ2v) is 16.0. The molecule has 0 unspecified atom stereocenters. The molecule has 0 heterocycles. The van der Waals surface area contributed by atoms with Crippen molar-refractivity contribution in [2.24, 2.45) is 0 Å². The molecule has 0 bridgehead atoms. The van der Waals surface area contributed by atoms with Crippen LogP contribution in [0.15, 0.2) is 212 Å². The highest BCUT2D eigenvalue weighted by Crippen LogP contribution is 2.57. The van der Waals surface area contributed by atoms with Crippen LogP contribution in [0.3, 0.4) is 0 Å². The number of nitrogens with zero attached hydrogens (tertiary/aromatic N) is 1. The van der Waals surface area contributed by atoms with E-state index in [0.717, 1.165) is 17.1 Å². The van der Waals surface area contributed by atoms with Crippen LogP contribution in [-0.2, 0) is 10.8 Å². The highest BCUT2D eigenvalue weighted by molar-refractivity contribution is 6.03. The number of anilines is 3. The lowest BCUT2D eigenvalue weighted by atomic mass is 9.67. The van der Waals surface area contributed by atoms with Gasteiger partial charge in [0, 0.05) is 22.4 Å². The molecule has 2 aliphatic carbocycles. The second kappa shape index (κ2) is 12.8. The van der Waals surface area contributed by atoms with E-state index >= 15 is 0 Å². The van der Waals surface area contributed by atoms with Crippen molar-refractivity contribution in [1.82, 2.24) is 0 Å². The smallest absolute Gasteiger partial charge is 0.0713 e. The topological polar surface area (TPSA) is 3.24 Å². The fourth-order valence-electron chi connectivity index (χ4n) is 10.2. The van der Waals surface area contributed by atoms with Crippen molar-refractivity contribution < 1.29 is 0 Å². The van der Waals surface area contributed by atoms with E-state index in [9.17, 15) is 0 Å². The van der Waals surface area contributed by atoms with Gasteiger partial charge in [-0.3, -0.25) is 0 Å². The van der Waals surface area contributed by atoms with Gasteiger partial charge in [-0.05, 0) is 102 Å². The Morgan fingerprint density at radius 2 is 0.930 bits per heavy atom. The number of para-hydroxylation sites is 2. The van der Waals surface area contributed by atoms with Crippen LogP contribution >= 0.6 is 0 Å². The summed E-state index contributed by atoms with van der Waals surface area (Å²) in [5.41, 5.74) is 18.5. The summed E-state index contributed by atoms with van der Waals surface area (Å²) in [6.07, 6.45) is 0. The standard InChI is InChI=1S/C56H41N/c1-55(2)49-36-34-43(37-48(49)54-45-23-10-9-17-38(45)31-35-52(54)55)57(42-20-7-4-8-21-42)53-28-16-13-22-44(53)39-29-32-41(33-30-39)56(40-18-5-3-6-19-40)50-26-14-11-24-46(50)47-25-12-15-27-51(47)56/h3-37H,1-2H3. The van der Waals surface area contributed by atoms with Gasteiger partial charge in [0.15, 0.2) is 0 Å². The van der Waals surface area contributed by atoms with Crippen molar-refractivity contribution in [2.75, 3.05) is 4.90 Å². The third kappa shape index (κ3) is 4.89. The third-order valence-corrected chi connectivity index (χ3v) is 12.8. The van der Waals surface area contributed by atoms with Crippen LogP contribution in [0.5, 0.6) is 0 Å². The first kappa shape index (κ1) is 33.4. The van der Waals surface area contributed by atoms with Gasteiger partial charge >= 0.3 is 0 Å². The highest BCUT2D eigenvalue weighted by Gasteiger charge is 2.46. The van der Waals surface area contributed by atoms with E-state index in [2.05, 4.69) is 231 Å². The number of hydrogen-bond donors (Lipinski definition) is 0. The number of hydrogen-bond acceptors (Lipinski definition) is 1. The summed E-state index contributed by atoms with van der Waals surface area (Å²) in [7, 11) is 0. The van der Waals surface area contributed by atoms with Crippen molar-refractivity contribution in [3.63, 3.8) is 0 Å². The van der Waals surface area contributed by atoms with Crippen LogP contribution in [0, 0.1) is 0 Å². The monoisotopic (exact) mass is 727 g/mol. The Balaban J connectivity index is 1.08. The lowest BCUT2D eigenvalue weighted by Crippen LogP contribution is -2.28. The molecule has 0 amide bonds. The van der Waals surface area contributed by atoms with Crippen molar-refractivity contribution >= 4 is 27.8 Å². The number of fused-ring (bicyclic) bond motifs is 8. The zero-order valence-corrected chi connectivity index (χ0v) is 32.2. The molecule has 0 aliphatic heterocycles. The average Bonchev–Trinajstić information content (AvgIpc) is 3.70. The van der Waals surface area contributed by atoms with Crippen molar-refractivity contribution in [1.29, 1.82) is 0 Å². The lowest BCUT2D eigenvalue weighted by Gasteiger charge is -2.34. The molecule has 9 aromatic rings. The lowest BCUT2D eigenvalue weighted by molar-refractivity contribution is 0.661. The van der Waals surface area contributed by atoms with Gasteiger partial charge < -0.3 is 4.90 Å². The van der Waals surface area contributed by atoms with Gasteiger partial charge in [0.2, 0.25) is 0 Å². The summed E-state index contributed by atoms with van der Waals surface area (Å²) in [4.78, 5) is 2.44. The highest BCUT2D eigenvalue weighted by atomic mass is 15.1. The minimum Gasteiger partial charge on any atom is -0.310 e. The van der Waals surface area contributed by atoms with Gasteiger partial charge in [0.1, 0.15) is 0 Å². The van der Waals surface area contributed by atoms with E-state index < -0.39 is 5.41 Å². The minimum absolute atomic E-state index is 0.0953. The molecule has 1 nitrogen and oxygen atoms in total. The molecule has 0 radical (unpaired) electrons. The van der Waals surface area contributed by atoms with Crippen molar-refractivity contribution in [3.05, 3.63) is 246 Å². The molecular weight excluding hydrogens is 687 g/mol. The Morgan fingerprint density at radius 3 is 1.65 bits per heavy atom. The van der Waals surface area contributed by atoms with Crippen LogP contribution in [0.1, 0.15) is 47.2 Å². The van der Waals surface area contributed by atoms with E-state index in [4.69, 9.17) is 0 Å². The Labute approximate surface area is 335 Å². The van der Waals surface area contributed by atoms with Crippen molar-refractivity contribution in [2.45, 2.75) is 24.7 Å². The molecule has 0 aromatic heterocycles. The maximum Gasteiger partial charge on any atom is 0.0713 e. The van der Waals surface area contributed by atoms with E-state index in [-0.39, 0.29) is 5.41 Å². The first-order valence-electron chi connectivity index (χ1n) is 20.0. The predicted molar refractivity (Wildman–Crippen MR) is 239 cm³/mol. The molecule has 9 aromatic carbocycles. The van der Waals surface area contributed by atoms with Crippen LogP contribution in [-0.4, -0.2) is 0 Å².